The first kappa shape index (κ1) is 33.3. The first-order valence-corrected chi connectivity index (χ1v) is 16.0. The molecule has 47 heavy (non-hydrogen) atoms. The Morgan fingerprint density at radius 2 is 1.66 bits per heavy atom. The van der Waals surface area contributed by atoms with Crippen LogP contribution in [0.15, 0.2) is 71.9 Å². The van der Waals surface area contributed by atoms with E-state index < -0.39 is 12.3 Å². The molecule has 11 nitrogen and oxygen atoms in total. The molecule has 2 N–H and O–H groups in total. The maximum atomic E-state index is 13.2. The monoisotopic (exact) mass is 640 g/mol. The molecule has 1 atom stereocenters. The van der Waals surface area contributed by atoms with Crippen molar-refractivity contribution in [1.82, 2.24) is 20.0 Å². The van der Waals surface area contributed by atoms with E-state index in [0.717, 1.165) is 47.6 Å². The fourth-order valence-corrected chi connectivity index (χ4v) is 5.69. The molecule has 0 saturated carbocycles. The van der Waals surface area contributed by atoms with Crippen LogP contribution in [0, 0.1) is 20.8 Å². The largest absolute Gasteiger partial charge is 0.454 e. The summed E-state index contributed by atoms with van der Waals surface area (Å²) in [6.45, 7) is 14.0. The number of ether oxygens (including phenoxy) is 3. The molecular weight excluding hydrogens is 596 g/mol. The minimum atomic E-state index is -0.584. The number of likely N-dealkylation sites (N-methyl/N-ethyl adjacent to an activating group) is 2. The molecule has 0 spiro atoms. The maximum Gasteiger partial charge on any atom is 0.414 e. The lowest BCUT2D eigenvalue weighted by Crippen LogP contribution is -2.53. The van der Waals surface area contributed by atoms with E-state index in [0.29, 0.717) is 41.9 Å². The van der Waals surface area contributed by atoms with Crippen molar-refractivity contribution in [2.45, 2.75) is 47.3 Å². The number of anilines is 1. The molecule has 2 heterocycles. The highest BCUT2D eigenvalue weighted by Gasteiger charge is 2.27. The Hall–Kier alpha value is -5.03. The summed E-state index contributed by atoms with van der Waals surface area (Å²) in [4.78, 5) is 36.9. The number of carbonyl (C=O) groups excluding carboxylic acids is 2. The SMILES string of the molecule is CCN(CC)CCN(C)C(=O)c1ccc(NC2=NC=CC(NC(=O)Oc3c(C)cc(C)cc3C)N2Cc2ccc3c(c2)OCO3)cc1. The summed E-state index contributed by atoms with van der Waals surface area (Å²) >= 11 is 0. The van der Waals surface area contributed by atoms with Gasteiger partial charge >= 0.3 is 6.09 Å². The number of fused-ring (bicyclic) bond motifs is 1. The van der Waals surface area contributed by atoms with Crippen molar-refractivity contribution < 1.29 is 23.8 Å². The Morgan fingerprint density at radius 3 is 2.36 bits per heavy atom. The average Bonchev–Trinajstić information content (AvgIpc) is 3.53. The number of amides is 2. The summed E-state index contributed by atoms with van der Waals surface area (Å²) in [5, 5.41) is 6.36. The van der Waals surface area contributed by atoms with Crippen molar-refractivity contribution in [2.24, 2.45) is 4.99 Å². The van der Waals surface area contributed by atoms with Gasteiger partial charge in [-0.1, -0.05) is 37.6 Å². The molecule has 0 aliphatic carbocycles. The zero-order chi connectivity index (χ0) is 33.5. The second-order valence-corrected chi connectivity index (χ2v) is 11.8. The van der Waals surface area contributed by atoms with Gasteiger partial charge in [0.15, 0.2) is 11.5 Å². The second-order valence-electron chi connectivity index (χ2n) is 11.8. The predicted molar refractivity (Wildman–Crippen MR) is 183 cm³/mol. The molecule has 5 rings (SSSR count). The van der Waals surface area contributed by atoms with Crippen LogP contribution in [0.1, 0.15) is 46.5 Å². The number of aliphatic imine (C=N–C) groups is 1. The van der Waals surface area contributed by atoms with E-state index >= 15 is 0 Å². The molecule has 248 valence electrons. The summed E-state index contributed by atoms with van der Waals surface area (Å²) in [7, 11) is 1.83. The van der Waals surface area contributed by atoms with E-state index in [2.05, 4.69) is 34.4 Å². The average molecular weight is 641 g/mol. The summed E-state index contributed by atoms with van der Waals surface area (Å²) in [6.07, 6.45) is 2.28. The quantitative estimate of drug-likeness (QED) is 0.276. The third kappa shape index (κ3) is 8.23. The Kier molecular flexibility index (Phi) is 10.7. The Balaban J connectivity index is 1.31. The summed E-state index contributed by atoms with van der Waals surface area (Å²) < 4.78 is 16.9. The Morgan fingerprint density at radius 1 is 0.957 bits per heavy atom. The molecule has 0 saturated heterocycles. The Bertz CT molecular complexity index is 1630. The third-order valence-electron chi connectivity index (χ3n) is 8.31. The molecule has 3 aromatic rings. The molecule has 0 fully saturated rings. The standard InChI is InChI=1S/C36H44N6O5/c1-7-41(8-2)18-17-40(6)34(43)28-10-12-29(13-11-28)38-35-37-16-15-32(39-36(44)47-33-25(4)19-24(3)20-26(33)5)42(35)22-27-9-14-30-31(21-27)46-23-45-30/h9-16,19-21,32H,7-8,17-18,22-23H2,1-6H3,(H,37,38)(H,39,44). The highest BCUT2D eigenvalue weighted by Crippen LogP contribution is 2.33. The highest BCUT2D eigenvalue weighted by molar-refractivity contribution is 5.97. The lowest BCUT2D eigenvalue weighted by atomic mass is 10.1. The molecule has 2 aliphatic heterocycles. The number of guanidine groups is 1. The van der Waals surface area contributed by atoms with Gasteiger partial charge in [0, 0.05) is 44.1 Å². The topological polar surface area (TPSA) is 108 Å². The highest BCUT2D eigenvalue weighted by atomic mass is 16.7. The van der Waals surface area contributed by atoms with Gasteiger partial charge in [-0.05, 0) is 93.0 Å². The Labute approximate surface area is 276 Å². The summed E-state index contributed by atoms with van der Waals surface area (Å²) in [5.74, 6) is 2.37. The number of nitrogens with zero attached hydrogens (tertiary/aromatic N) is 4. The third-order valence-corrected chi connectivity index (χ3v) is 8.31. The van der Waals surface area contributed by atoms with Crippen molar-refractivity contribution in [1.29, 1.82) is 0 Å². The van der Waals surface area contributed by atoms with E-state index in [1.54, 1.807) is 29.3 Å². The van der Waals surface area contributed by atoms with Crippen LogP contribution >= 0.6 is 0 Å². The smallest absolute Gasteiger partial charge is 0.414 e. The van der Waals surface area contributed by atoms with Crippen molar-refractivity contribution in [3.63, 3.8) is 0 Å². The van der Waals surface area contributed by atoms with Gasteiger partial charge in [0.2, 0.25) is 12.8 Å². The summed E-state index contributed by atoms with van der Waals surface area (Å²) in [6, 6.07) is 17.0. The van der Waals surface area contributed by atoms with Gasteiger partial charge in [-0.15, -0.1) is 0 Å². The molecular formula is C36H44N6O5. The van der Waals surface area contributed by atoms with Crippen LogP contribution in [0.2, 0.25) is 0 Å². The number of aryl methyl sites for hydroxylation is 3. The zero-order valence-corrected chi connectivity index (χ0v) is 28.0. The fourth-order valence-electron chi connectivity index (χ4n) is 5.69. The number of rotatable bonds is 11. The van der Waals surface area contributed by atoms with Crippen molar-refractivity contribution in [2.75, 3.05) is 45.3 Å². The van der Waals surface area contributed by atoms with Crippen molar-refractivity contribution in [3.8, 4) is 17.2 Å². The minimum Gasteiger partial charge on any atom is -0.454 e. The molecule has 11 heteroatoms. The van der Waals surface area contributed by atoms with Gasteiger partial charge in [0.1, 0.15) is 11.9 Å². The first-order valence-electron chi connectivity index (χ1n) is 16.0. The molecule has 2 amide bonds. The second kappa shape index (κ2) is 15.0. The number of hydrogen-bond donors (Lipinski definition) is 2. The maximum absolute atomic E-state index is 13.2. The lowest BCUT2D eigenvalue weighted by Gasteiger charge is -2.35. The van der Waals surface area contributed by atoms with Crippen LogP contribution in [-0.2, 0) is 6.54 Å². The molecule has 0 bridgehead atoms. The van der Waals surface area contributed by atoms with E-state index in [-0.39, 0.29) is 12.7 Å². The van der Waals surface area contributed by atoms with E-state index in [9.17, 15) is 9.59 Å². The lowest BCUT2D eigenvalue weighted by molar-refractivity contribution is 0.0779. The van der Waals surface area contributed by atoms with Crippen LogP contribution in [0.5, 0.6) is 17.2 Å². The van der Waals surface area contributed by atoms with Crippen LogP contribution in [-0.4, -0.2) is 78.8 Å². The van der Waals surface area contributed by atoms with Crippen LogP contribution in [0.4, 0.5) is 10.5 Å². The number of nitrogens with one attached hydrogen (secondary N) is 2. The van der Waals surface area contributed by atoms with E-state index in [1.165, 1.54) is 0 Å². The van der Waals surface area contributed by atoms with Gasteiger partial charge < -0.3 is 34.2 Å². The molecule has 1 unspecified atom stereocenters. The summed E-state index contributed by atoms with van der Waals surface area (Å²) in [5.41, 5.74) is 5.14. The van der Waals surface area contributed by atoms with Crippen LogP contribution in [0.25, 0.3) is 0 Å². The number of hydrogen-bond acceptors (Lipinski definition) is 9. The van der Waals surface area contributed by atoms with Gasteiger partial charge in [0.25, 0.3) is 5.91 Å². The number of benzene rings is 3. The predicted octanol–water partition coefficient (Wildman–Crippen LogP) is 5.67. The van der Waals surface area contributed by atoms with Gasteiger partial charge in [-0.3, -0.25) is 10.1 Å². The van der Waals surface area contributed by atoms with Crippen LogP contribution in [0.3, 0.4) is 0 Å². The molecule has 2 aliphatic rings. The van der Waals surface area contributed by atoms with Crippen molar-refractivity contribution in [3.05, 3.63) is 94.7 Å². The van der Waals surface area contributed by atoms with Gasteiger partial charge in [0.05, 0.1) is 0 Å². The van der Waals surface area contributed by atoms with Gasteiger partial charge in [-0.25, -0.2) is 9.79 Å². The zero-order valence-electron chi connectivity index (χ0n) is 28.0. The number of carbonyl (C=O) groups is 2. The molecule has 0 aromatic heterocycles. The fraction of sp³-hybridized carbons (Fsp3) is 0.361. The van der Waals surface area contributed by atoms with Gasteiger partial charge in [-0.2, -0.15) is 0 Å². The van der Waals surface area contributed by atoms with E-state index in [1.807, 2.05) is 75.2 Å². The normalized spacial score (nSPS) is 15.0. The molecule has 0 radical (unpaired) electrons. The van der Waals surface area contributed by atoms with Crippen molar-refractivity contribution >= 4 is 23.6 Å². The van der Waals surface area contributed by atoms with E-state index in [4.69, 9.17) is 14.2 Å². The van der Waals surface area contributed by atoms with Crippen LogP contribution < -0.4 is 24.8 Å². The minimum absolute atomic E-state index is 0.0343. The molecule has 3 aromatic carbocycles. The first-order chi connectivity index (χ1) is 22.6.